The summed E-state index contributed by atoms with van der Waals surface area (Å²) >= 11 is 0. The Morgan fingerprint density at radius 2 is 0.938 bits per heavy atom. The van der Waals surface area contributed by atoms with Crippen LogP contribution in [-0.2, 0) is 12.8 Å². The van der Waals surface area contributed by atoms with E-state index in [1.54, 1.807) is 38.5 Å². The summed E-state index contributed by atoms with van der Waals surface area (Å²) in [6.07, 6.45) is 24.2. The van der Waals surface area contributed by atoms with Crippen molar-refractivity contribution in [3.8, 4) is 0 Å². The van der Waals surface area contributed by atoms with E-state index in [-0.39, 0.29) is 6.67 Å². The number of alkyl halides is 1. The van der Waals surface area contributed by atoms with Crippen LogP contribution in [0.3, 0.4) is 0 Å². The van der Waals surface area contributed by atoms with Crippen LogP contribution in [0, 0.1) is 35.5 Å². The number of halogens is 1. The summed E-state index contributed by atoms with van der Waals surface area (Å²) in [4.78, 5) is 0. The highest BCUT2D eigenvalue weighted by Crippen LogP contribution is 2.46. The lowest BCUT2D eigenvalue weighted by atomic mass is 9.64. The molecule has 0 heterocycles. The zero-order valence-corrected chi connectivity index (χ0v) is 20.9. The maximum Gasteiger partial charge on any atom is 0.0934 e. The van der Waals surface area contributed by atoms with Crippen molar-refractivity contribution < 1.29 is 4.39 Å². The SMILES string of the molecule is CCC[C@H]1CC[C@H](C2CCC(C3CCC(CCc4ccc(CCF)cc4)CC3)CC2)CC1. The summed E-state index contributed by atoms with van der Waals surface area (Å²) in [7, 11) is 0. The molecule has 0 spiro atoms. The van der Waals surface area contributed by atoms with E-state index >= 15 is 0 Å². The van der Waals surface area contributed by atoms with Crippen LogP contribution in [-0.4, -0.2) is 6.67 Å². The van der Waals surface area contributed by atoms with E-state index in [4.69, 9.17) is 0 Å². The molecule has 3 saturated carbocycles. The van der Waals surface area contributed by atoms with Gasteiger partial charge in [0.15, 0.2) is 0 Å². The third kappa shape index (κ3) is 6.83. The fourth-order valence-corrected chi connectivity index (χ4v) is 7.75. The molecule has 0 N–H and O–H groups in total. The standard InChI is InChI=1S/C31H49F/c1-2-3-24-10-14-28(15-11-24)30-18-20-31(21-19-30)29-16-12-26(13-17-29)5-4-25-6-8-27(9-7-25)22-23-32/h6-9,24,26,28-31H,2-5,10-23H2,1H3/t24-,26?,28-,29?,30?,31?. The van der Waals surface area contributed by atoms with E-state index < -0.39 is 0 Å². The Morgan fingerprint density at radius 3 is 1.34 bits per heavy atom. The molecule has 4 rings (SSSR count). The highest BCUT2D eigenvalue weighted by molar-refractivity contribution is 5.22. The molecule has 0 atom stereocenters. The number of hydrogen-bond acceptors (Lipinski definition) is 0. The molecule has 0 bridgehead atoms. The second kappa shape index (κ2) is 12.6. The summed E-state index contributed by atoms with van der Waals surface area (Å²) in [6.45, 7) is 2.11. The van der Waals surface area contributed by atoms with Gasteiger partial charge in [0.05, 0.1) is 6.67 Å². The minimum absolute atomic E-state index is 0.246. The van der Waals surface area contributed by atoms with Crippen LogP contribution < -0.4 is 0 Å². The number of benzene rings is 1. The van der Waals surface area contributed by atoms with Crippen molar-refractivity contribution in [2.45, 2.75) is 116 Å². The normalized spacial score (nSPS) is 33.8. The van der Waals surface area contributed by atoms with Gasteiger partial charge in [0.25, 0.3) is 0 Å². The zero-order chi connectivity index (χ0) is 22.2. The largest absolute Gasteiger partial charge is 0.251 e. The molecule has 1 aromatic rings. The fraction of sp³-hybridized carbons (Fsp3) is 0.806. The summed E-state index contributed by atoms with van der Waals surface area (Å²) in [5, 5.41) is 0. The predicted molar refractivity (Wildman–Crippen MR) is 136 cm³/mol. The number of aryl methyl sites for hydroxylation is 2. The number of hydrogen-bond donors (Lipinski definition) is 0. The molecule has 3 aliphatic rings. The lowest BCUT2D eigenvalue weighted by Crippen LogP contribution is -2.29. The molecule has 3 aliphatic carbocycles. The van der Waals surface area contributed by atoms with Crippen LogP contribution >= 0.6 is 0 Å². The van der Waals surface area contributed by atoms with Gasteiger partial charge in [-0.1, -0.05) is 69.7 Å². The first-order chi connectivity index (χ1) is 15.7. The molecular formula is C31H49F. The molecule has 1 heteroatoms. The minimum Gasteiger partial charge on any atom is -0.251 e. The first kappa shape index (κ1) is 24.3. The lowest BCUT2D eigenvalue weighted by molar-refractivity contribution is 0.102. The minimum atomic E-state index is -0.246. The lowest BCUT2D eigenvalue weighted by Gasteiger charge is -2.41. The first-order valence-electron chi connectivity index (χ1n) is 14.4. The maximum absolute atomic E-state index is 12.5. The molecular weight excluding hydrogens is 391 g/mol. The van der Waals surface area contributed by atoms with Crippen LogP contribution in [0.5, 0.6) is 0 Å². The van der Waals surface area contributed by atoms with E-state index in [0.29, 0.717) is 6.42 Å². The van der Waals surface area contributed by atoms with E-state index in [1.165, 1.54) is 69.8 Å². The Balaban J connectivity index is 1.12. The molecule has 180 valence electrons. The molecule has 0 unspecified atom stereocenters. The van der Waals surface area contributed by atoms with Gasteiger partial charge in [-0.25, -0.2) is 0 Å². The summed E-state index contributed by atoms with van der Waals surface area (Å²) < 4.78 is 12.5. The second-order valence-corrected chi connectivity index (χ2v) is 11.8. The Kier molecular flexibility index (Phi) is 9.54. The van der Waals surface area contributed by atoms with Gasteiger partial charge in [0.1, 0.15) is 0 Å². The van der Waals surface area contributed by atoms with Crippen LogP contribution in [0.1, 0.15) is 114 Å². The van der Waals surface area contributed by atoms with E-state index in [1.807, 2.05) is 0 Å². The van der Waals surface area contributed by atoms with Gasteiger partial charge in [0, 0.05) is 6.42 Å². The highest BCUT2D eigenvalue weighted by Gasteiger charge is 2.34. The van der Waals surface area contributed by atoms with Crippen molar-refractivity contribution in [2.75, 3.05) is 6.67 Å². The second-order valence-electron chi connectivity index (χ2n) is 11.8. The van der Waals surface area contributed by atoms with Crippen molar-refractivity contribution in [3.05, 3.63) is 35.4 Å². The van der Waals surface area contributed by atoms with Crippen LogP contribution in [0.15, 0.2) is 24.3 Å². The van der Waals surface area contributed by atoms with Gasteiger partial charge in [-0.2, -0.15) is 0 Å². The fourth-order valence-electron chi connectivity index (χ4n) is 7.75. The molecule has 0 aliphatic heterocycles. The van der Waals surface area contributed by atoms with Gasteiger partial charge in [-0.3, -0.25) is 4.39 Å². The van der Waals surface area contributed by atoms with Gasteiger partial charge < -0.3 is 0 Å². The van der Waals surface area contributed by atoms with E-state index in [9.17, 15) is 4.39 Å². The van der Waals surface area contributed by atoms with Gasteiger partial charge in [-0.15, -0.1) is 0 Å². The van der Waals surface area contributed by atoms with Crippen molar-refractivity contribution in [2.24, 2.45) is 35.5 Å². The van der Waals surface area contributed by atoms with Crippen molar-refractivity contribution in [1.29, 1.82) is 0 Å². The van der Waals surface area contributed by atoms with Crippen molar-refractivity contribution in [1.82, 2.24) is 0 Å². The molecule has 3 fully saturated rings. The van der Waals surface area contributed by atoms with Crippen LogP contribution in [0.2, 0.25) is 0 Å². The summed E-state index contributed by atoms with van der Waals surface area (Å²) in [5.74, 6) is 6.22. The molecule has 0 nitrogen and oxygen atoms in total. The van der Waals surface area contributed by atoms with Crippen LogP contribution in [0.4, 0.5) is 4.39 Å². The topological polar surface area (TPSA) is 0 Å². The van der Waals surface area contributed by atoms with E-state index in [2.05, 4.69) is 31.2 Å². The average Bonchev–Trinajstić information content (AvgIpc) is 2.85. The quantitative estimate of drug-likeness (QED) is 0.359. The average molecular weight is 441 g/mol. The molecule has 0 radical (unpaired) electrons. The molecule has 32 heavy (non-hydrogen) atoms. The monoisotopic (exact) mass is 440 g/mol. The third-order valence-electron chi connectivity index (χ3n) is 9.88. The number of rotatable bonds is 9. The molecule has 1 aromatic carbocycles. The van der Waals surface area contributed by atoms with Gasteiger partial charge in [-0.05, 0) is 111 Å². The van der Waals surface area contributed by atoms with Crippen LogP contribution in [0.25, 0.3) is 0 Å². The highest BCUT2D eigenvalue weighted by atomic mass is 19.1. The Labute approximate surface area is 198 Å². The predicted octanol–water partition coefficient (Wildman–Crippen LogP) is 9.35. The zero-order valence-electron chi connectivity index (χ0n) is 20.9. The molecule has 0 saturated heterocycles. The molecule has 0 amide bonds. The smallest absolute Gasteiger partial charge is 0.0934 e. The summed E-state index contributed by atoms with van der Waals surface area (Å²) in [6, 6.07) is 8.70. The first-order valence-corrected chi connectivity index (χ1v) is 14.4. The third-order valence-corrected chi connectivity index (χ3v) is 9.88. The van der Waals surface area contributed by atoms with Crippen molar-refractivity contribution >= 4 is 0 Å². The Morgan fingerprint density at radius 1 is 0.562 bits per heavy atom. The molecule has 0 aromatic heterocycles. The van der Waals surface area contributed by atoms with Crippen molar-refractivity contribution in [3.63, 3.8) is 0 Å². The maximum atomic E-state index is 12.5. The van der Waals surface area contributed by atoms with Gasteiger partial charge >= 0.3 is 0 Å². The van der Waals surface area contributed by atoms with Gasteiger partial charge in [0.2, 0.25) is 0 Å². The Bertz CT molecular complexity index is 625. The summed E-state index contributed by atoms with van der Waals surface area (Å²) in [5.41, 5.74) is 2.58. The Hall–Kier alpha value is -0.850. The van der Waals surface area contributed by atoms with E-state index in [0.717, 1.165) is 41.1 Å².